The fourth-order valence-corrected chi connectivity index (χ4v) is 3.98. The van der Waals surface area contributed by atoms with Crippen LogP contribution in [0.3, 0.4) is 0 Å². The number of carbonyl (C=O) groups excluding carboxylic acids is 1. The summed E-state index contributed by atoms with van der Waals surface area (Å²) < 4.78 is 5.63. The Morgan fingerprint density at radius 3 is 3.12 bits per heavy atom. The van der Waals surface area contributed by atoms with Crippen LogP contribution in [0.2, 0.25) is 5.02 Å². The van der Waals surface area contributed by atoms with Crippen molar-refractivity contribution in [3.05, 3.63) is 28.8 Å². The number of benzene rings is 1. The molecule has 0 aromatic heterocycles. The molecule has 1 fully saturated rings. The minimum absolute atomic E-state index is 0.0506. The van der Waals surface area contributed by atoms with Gasteiger partial charge >= 0.3 is 6.03 Å². The van der Waals surface area contributed by atoms with E-state index in [1.807, 2.05) is 18.2 Å². The summed E-state index contributed by atoms with van der Waals surface area (Å²) in [5.74, 6) is 1.49. The number of hydrogen-bond acceptors (Lipinski definition) is 3. The molecule has 6 heteroatoms. The molecule has 5 nitrogen and oxygen atoms in total. The standard InChI is InChI=1S/C19H28ClN3O2/c1-14-5-3-10-23(13-14)11-4-9-21-19(24)22-17-8-12-25-18-15(17)6-2-7-16(18)20/h2,6-7,14,17H,3-5,8-13H2,1H3,(H2,21,22,24)/t14-,17-/m0/s1. The van der Waals surface area contributed by atoms with Crippen molar-refractivity contribution in [2.24, 2.45) is 5.92 Å². The zero-order chi connectivity index (χ0) is 17.6. The van der Waals surface area contributed by atoms with Crippen molar-refractivity contribution in [1.82, 2.24) is 15.5 Å². The highest BCUT2D eigenvalue weighted by atomic mass is 35.5. The lowest BCUT2D eigenvalue weighted by atomic mass is 10.0. The van der Waals surface area contributed by atoms with Crippen LogP contribution in [0.25, 0.3) is 0 Å². The molecule has 2 heterocycles. The molecular formula is C19H28ClN3O2. The number of para-hydroxylation sites is 1. The van der Waals surface area contributed by atoms with Crippen LogP contribution in [0.1, 0.15) is 44.2 Å². The van der Waals surface area contributed by atoms with Crippen molar-refractivity contribution in [1.29, 1.82) is 0 Å². The maximum atomic E-state index is 12.2. The van der Waals surface area contributed by atoms with E-state index in [-0.39, 0.29) is 12.1 Å². The highest BCUT2D eigenvalue weighted by Gasteiger charge is 2.24. The van der Waals surface area contributed by atoms with Gasteiger partial charge in [-0.1, -0.05) is 30.7 Å². The lowest BCUT2D eigenvalue weighted by Crippen LogP contribution is -2.41. The van der Waals surface area contributed by atoms with Gasteiger partial charge < -0.3 is 20.3 Å². The molecule has 0 unspecified atom stereocenters. The van der Waals surface area contributed by atoms with Crippen molar-refractivity contribution < 1.29 is 9.53 Å². The summed E-state index contributed by atoms with van der Waals surface area (Å²) in [7, 11) is 0. The Labute approximate surface area is 155 Å². The van der Waals surface area contributed by atoms with Crippen molar-refractivity contribution in [3.8, 4) is 5.75 Å². The maximum absolute atomic E-state index is 12.2. The molecule has 138 valence electrons. The van der Waals surface area contributed by atoms with E-state index in [1.54, 1.807) is 0 Å². The van der Waals surface area contributed by atoms with E-state index < -0.39 is 0 Å². The van der Waals surface area contributed by atoms with Crippen LogP contribution in [-0.2, 0) is 0 Å². The van der Waals surface area contributed by atoms with Gasteiger partial charge in [0.2, 0.25) is 0 Å². The molecule has 3 rings (SSSR count). The first kappa shape index (κ1) is 18.3. The Hall–Kier alpha value is -1.46. The van der Waals surface area contributed by atoms with Crippen LogP contribution in [0.4, 0.5) is 4.79 Å². The number of nitrogens with zero attached hydrogens (tertiary/aromatic N) is 1. The van der Waals surface area contributed by atoms with Gasteiger partial charge in [0.1, 0.15) is 5.75 Å². The summed E-state index contributed by atoms with van der Waals surface area (Å²) in [6.07, 6.45) is 4.37. The Balaban J connectivity index is 1.41. The van der Waals surface area contributed by atoms with Crippen LogP contribution in [0.15, 0.2) is 18.2 Å². The number of urea groups is 1. The molecule has 0 saturated carbocycles. The van der Waals surface area contributed by atoms with Crippen LogP contribution >= 0.6 is 11.6 Å². The average molecular weight is 366 g/mol. The third-order valence-electron chi connectivity index (χ3n) is 5.01. The number of ether oxygens (including phenoxy) is 1. The van der Waals surface area contributed by atoms with Crippen molar-refractivity contribution >= 4 is 17.6 Å². The number of rotatable bonds is 5. The Morgan fingerprint density at radius 1 is 1.40 bits per heavy atom. The second-order valence-corrected chi connectivity index (χ2v) is 7.56. The topological polar surface area (TPSA) is 53.6 Å². The summed E-state index contributed by atoms with van der Waals surface area (Å²) in [5.41, 5.74) is 0.955. The number of amides is 2. The van der Waals surface area contributed by atoms with E-state index in [2.05, 4.69) is 22.5 Å². The molecule has 2 atom stereocenters. The zero-order valence-corrected chi connectivity index (χ0v) is 15.6. The van der Waals surface area contributed by atoms with Gasteiger partial charge in [0.25, 0.3) is 0 Å². The SMILES string of the molecule is C[C@H]1CCCN(CCCNC(=O)N[C@H]2CCOc3c(Cl)cccc32)C1. The molecule has 1 aromatic carbocycles. The van der Waals surface area contributed by atoms with Crippen molar-refractivity contribution in [2.45, 2.75) is 38.6 Å². The lowest BCUT2D eigenvalue weighted by Gasteiger charge is -2.30. The smallest absolute Gasteiger partial charge is 0.315 e. The number of fused-ring (bicyclic) bond motifs is 1. The van der Waals surface area contributed by atoms with E-state index in [9.17, 15) is 4.79 Å². The first-order chi connectivity index (χ1) is 12.1. The normalized spacial score (nSPS) is 23.4. The van der Waals surface area contributed by atoms with Gasteiger partial charge in [-0.2, -0.15) is 0 Å². The molecule has 0 aliphatic carbocycles. The summed E-state index contributed by atoms with van der Waals surface area (Å²) in [6, 6.07) is 5.49. The van der Waals surface area contributed by atoms with Crippen LogP contribution in [0.5, 0.6) is 5.75 Å². The Bertz CT molecular complexity index is 596. The third kappa shape index (κ3) is 5.02. The Kier molecular flexibility index (Phi) is 6.43. The summed E-state index contributed by atoms with van der Waals surface area (Å²) in [4.78, 5) is 14.7. The van der Waals surface area contributed by atoms with Gasteiger partial charge in [-0.25, -0.2) is 4.79 Å². The molecule has 2 amide bonds. The van der Waals surface area contributed by atoms with Gasteiger partial charge in [0, 0.05) is 25.1 Å². The molecule has 0 spiro atoms. The summed E-state index contributed by atoms with van der Waals surface area (Å²) in [6.45, 7) is 7.01. The molecule has 2 aliphatic rings. The number of likely N-dealkylation sites (tertiary alicyclic amines) is 1. The van der Waals surface area contributed by atoms with E-state index >= 15 is 0 Å². The highest BCUT2D eigenvalue weighted by Crippen LogP contribution is 2.37. The molecule has 25 heavy (non-hydrogen) atoms. The van der Waals surface area contributed by atoms with E-state index in [0.29, 0.717) is 23.9 Å². The summed E-state index contributed by atoms with van der Waals surface area (Å²) in [5, 5.41) is 6.62. The predicted octanol–water partition coefficient (Wildman–Crippen LogP) is 3.58. The molecular weight excluding hydrogens is 338 g/mol. The largest absolute Gasteiger partial charge is 0.492 e. The van der Waals surface area contributed by atoms with Gasteiger partial charge in [-0.15, -0.1) is 0 Å². The first-order valence-electron chi connectivity index (χ1n) is 9.31. The van der Waals surface area contributed by atoms with Gasteiger partial charge in [-0.05, 0) is 44.3 Å². The zero-order valence-electron chi connectivity index (χ0n) is 14.9. The lowest BCUT2D eigenvalue weighted by molar-refractivity contribution is 0.181. The molecule has 2 aliphatic heterocycles. The molecule has 2 N–H and O–H groups in total. The van der Waals surface area contributed by atoms with Gasteiger partial charge in [0.15, 0.2) is 0 Å². The van der Waals surface area contributed by atoms with E-state index in [1.165, 1.54) is 25.9 Å². The molecule has 1 saturated heterocycles. The first-order valence-corrected chi connectivity index (χ1v) is 9.69. The molecule has 0 bridgehead atoms. The maximum Gasteiger partial charge on any atom is 0.315 e. The van der Waals surface area contributed by atoms with Crippen molar-refractivity contribution in [3.63, 3.8) is 0 Å². The number of nitrogens with one attached hydrogen (secondary N) is 2. The number of carbonyl (C=O) groups is 1. The quantitative estimate of drug-likeness (QED) is 0.784. The van der Waals surface area contributed by atoms with Gasteiger partial charge in [0.05, 0.1) is 17.7 Å². The van der Waals surface area contributed by atoms with E-state index in [4.69, 9.17) is 16.3 Å². The predicted molar refractivity (Wildman–Crippen MR) is 100 cm³/mol. The monoisotopic (exact) mass is 365 g/mol. The highest BCUT2D eigenvalue weighted by molar-refractivity contribution is 6.32. The van der Waals surface area contributed by atoms with Crippen molar-refractivity contribution in [2.75, 3.05) is 32.8 Å². The second-order valence-electron chi connectivity index (χ2n) is 7.15. The minimum atomic E-state index is -0.121. The van der Waals surface area contributed by atoms with Crippen LogP contribution < -0.4 is 15.4 Å². The third-order valence-corrected chi connectivity index (χ3v) is 5.31. The Morgan fingerprint density at radius 2 is 2.28 bits per heavy atom. The van der Waals surface area contributed by atoms with Crippen LogP contribution in [0, 0.1) is 5.92 Å². The molecule has 0 radical (unpaired) electrons. The fraction of sp³-hybridized carbons (Fsp3) is 0.632. The number of hydrogen-bond donors (Lipinski definition) is 2. The number of halogens is 1. The minimum Gasteiger partial charge on any atom is -0.492 e. The van der Waals surface area contributed by atoms with Crippen LogP contribution in [-0.4, -0.2) is 43.7 Å². The fourth-order valence-electron chi connectivity index (χ4n) is 3.74. The van der Waals surface area contributed by atoms with E-state index in [0.717, 1.165) is 30.9 Å². The van der Waals surface area contributed by atoms with Gasteiger partial charge in [-0.3, -0.25) is 0 Å². The molecule has 1 aromatic rings. The summed E-state index contributed by atoms with van der Waals surface area (Å²) >= 11 is 6.17. The number of piperidine rings is 1. The second kappa shape index (κ2) is 8.77. The average Bonchev–Trinajstić information content (AvgIpc) is 2.60.